The lowest BCUT2D eigenvalue weighted by Gasteiger charge is -2.14. The molecule has 0 unspecified atom stereocenters. The van der Waals surface area contributed by atoms with Crippen LogP contribution in [-0.2, 0) is 16.0 Å². The maximum Gasteiger partial charge on any atom is 0.233 e. The number of H-pyrrole nitrogens is 1. The smallest absolute Gasteiger partial charge is 0.233 e. The molecule has 1 saturated heterocycles. The van der Waals surface area contributed by atoms with Gasteiger partial charge in [-0.25, -0.2) is 0 Å². The molecule has 2 amide bonds. The van der Waals surface area contributed by atoms with Gasteiger partial charge in [0.15, 0.2) is 0 Å². The molecule has 0 radical (unpaired) electrons. The van der Waals surface area contributed by atoms with Crippen molar-refractivity contribution in [3.05, 3.63) is 47.7 Å². The number of aromatic amines is 1. The second-order valence-electron chi connectivity index (χ2n) is 6.51. The first-order valence-electron chi connectivity index (χ1n) is 8.23. The third kappa shape index (κ3) is 2.21. The zero-order chi connectivity index (χ0) is 16.0. The number of nitrogens with one attached hydrogen (secondary N) is 1. The first kappa shape index (κ1) is 14.2. The molecule has 1 aromatic carbocycles. The van der Waals surface area contributed by atoms with Gasteiger partial charge in [0.1, 0.15) is 0 Å². The molecule has 0 spiro atoms. The Balaban J connectivity index is 1.56. The number of fused-ring (bicyclic) bond motifs is 2. The van der Waals surface area contributed by atoms with Crippen molar-refractivity contribution in [3.63, 3.8) is 0 Å². The van der Waals surface area contributed by atoms with Crippen LogP contribution in [0.2, 0.25) is 0 Å². The highest BCUT2D eigenvalue weighted by Crippen LogP contribution is 2.35. The monoisotopic (exact) mass is 308 g/mol. The number of likely N-dealkylation sites (tertiary alicyclic amines) is 1. The summed E-state index contributed by atoms with van der Waals surface area (Å²) in [6, 6.07) is 8.17. The van der Waals surface area contributed by atoms with E-state index in [9.17, 15) is 9.59 Å². The standard InChI is InChI=1S/C19H20N2O2/c1-12-13(14-6-4-5-9-17(14)20-12)10-11-21-18(22)15-7-2-3-8-16(15)19(21)23/h2-6,9,15-16,20H,7-8,10-11H2,1H3/t15-,16-/m1/s1. The van der Waals surface area contributed by atoms with Crippen LogP contribution in [0.25, 0.3) is 10.9 Å². The summed E-state index contributed by atoms with van der Waals surface area (Å²) in [4.78, 5) is 29.9. The van der Waals surface area contributed by atoms with E-state index in [-0.39, 0.29) is 23.7 Å². The highest BCUT2D eigenvalue weighted by atomic mass is 16.2. The summed E-state index contributed by atoms with van der Waals surface area (Å²) in [5, 5.41) is 1.18. The molecule has 1 aliphatic carbocycles. The largest absolute Gasteiger partial charge is 0.358 e. The minimum Gasteiger partial charge on any atom is -0.358 e. The maximum absolute atomic E-state index is 12.5. The van der Waals surface area contributed by atoms with E-state index in [2.05, 4.69) is 17.1 Å². The molecule has 1 fully saturated rings. The third-order valence-electron chi connectivity index (χ3n) is 5.21. The number of hydrogen-bond acceptors (Lipinski definition) is 2. The molecule has 4 rings (SSSR count). The summed E-state index contributed by atoms with van der Waals surface area (Å²) in [6.45, 7) is 2.53. The number of allylic oxidation sites excluding steroid dienone is 2. The summed E-state index contributed by atoms with van der Waals surface area (Å²) in [6.07, 6.45) is 6.18. The molecule has 1 aliphatic heterocycles. The van der Waals surface area contributed by atoms with Gasteiger partial charge in [0.05, 0.1) is 11.8 Å². The first-order valence-corrected chi connectivity index (χ1v) is 8.23. The van der Waals surface area contributed by atoms with E-state index in [1.54, 1.807) is 0 Å². The Morgan fingerprint density at radius 2 is 1.74 bits per heavy atom. The molecule has 4 nitrogen and oxygen atoms in total. The molecule has 1 N–H and O–H groups in total. The number of aromatic nitrogens is 1. The molecule has 2 aromatic rings. The average molecular weight is 308 g/mol. The minimum absolute atomic E-state index is 0.0156. The Bertz CT molecular complexity index is 792. The average Bonchev–Trinajstić information content (AvgIpc) is 3.01. The number of nitrogens with zero attached hydrogens (tertiary/aromatic N) is 1. The summed E-state index contributed by atoms with van der Waals surface area (Å²) in [5.41, 5.74) is 3.43. The Morgan fingerprint density at radius 1 is 1.09 bits per heavy atom. The molecule has 2 heterocycles. The lowest BCUT2D eigenvalue weighted by atomic mass is 9.85. The lowest BCUT2D eigenvalue weighted by molar-refractivity contribution is -0.139. The number of carbonyl (C=O) groups excluding carboxylic acids is 2. The molecule has 23 heavy (non-hydrogen) atoms. The van der Waals surface area contributed by atoms with Gasteiger partial charge >= 0.3 is 0 Å². The van der Waals surface area contributed by atoms with Crippen LogP contribution in [-0.4, -0.2) is 28.2 Å². The van der Waals surface area contributed by atoms with Crippen LogP contribution in [0.15, 0.2) is 36.4 Å². The number of amides is 2. The summed E-state index contributed by atoms with van der Waals surface area (Å²) in [5.74, 6) is -0.225. The van der Waals surface area contributed by atoms with Gasteiger partial charge in [0, 0.05) is 23.1 Å². The second-order valence-corrected chi connectivity index (χ2v) is 6.51. The van der Waals surface area contributed by atoms with E-state index in [1.165, 1.54) is 15.8 Å². The number of hydrogen-bond donors (Lipinski definition) is 1. The molecule has 2 aliphatic rings. The molecular formula is C19H20N2O2. The fourth-order valence-corrected chi connectivity index (χ4v) is 3.97. The predicted octanol–water partition coefficient (Wildman–Crippen LogP) is 2.97. The molecular weight excluding hydrogens is 288 g/mol. The number of imide groups is 1. The van der Waals surface area contributed by atoms with E-state index in [1.807, 2.05) is 31.2 Å². The zero-order valence-corrected chi connectivity index (χ0v) is 13.2. The van der Waals surface area contributed by atoms with Crippen molar-refractivity contribution < 1.29 is 9.59 Å². The van der Waals surface area contributed by atoms with E-state index in [4.69, 9.17) is 0 Å². The van der Waals surface area contributed by atoms with Gasteiger partial charge in [0.2, 0.25) is 11.8 Å². The fraction of sp³-hybridized carbons (Fsp3) is 0.368. The van der Waals surface area contributed by atoms with Gasteiger partial charge in [-0.2, -0.15) is 0 Å². The van der Waals surface area contributed by atoms with Crippen molar-refractivity contribution >= 4 is 22.7 Å². The van der Waals surface area contributed by atoms with Crippen LogP contribution >= 0.6 is 0 Å². The number of para-hydroxylation sites is 1. The Morgan fingerprint density at radius 3 is 2.43 bits per heavy atom. The molecule has 0 saturated carbocycles. The Kier molecular flexibility index (Phi) is 3.33. The van der Waals surface area contributed by atoms with Crippen molar-refractivity contribution in [1.29, 1.82) is 0 Å². The maximum atomic E-state index is 12.5. The molecule has 0 bridgehead atoms. The van der Waals surface area contributed by atoms with Crippen LogP contribution in [0.4, 0.5) is 0 Å². The lowest BCUT2D eigenvalue weighted by Crippen LogP contribution is -2.33. The highest BCUT2D eigenvalue weighted by molar-refractivity contribution is 6.05. The van der Waals surface area contributed by atoms with Crippen molar-refractivity contribution in [1.82, 2.24) is 9.88 Å². The summed E-state index contributed by atoms with van der Waals surface area (Å²) < 4.78 is 0. The van der Waals surface area contributed by atoms with Crippen LogP contribution < -0.4 is 0 Å². The Hall–Kier alpha value is -2.36. The Labute approximate surface area is 135 Å². The van der Waals surface area contributed by atoms with Crippen molar-refractivity contribution in [2.45, 2.75) is 26.2 Å². The van der Waals surface area contributed by atoms with Gasteiger partial charge in [0.25, 0.3) is 0 Å². The van der Waals surface area contributed by atoms with E-state index in [0.717, 1.165) is 11.2 Å². The first-order chi connectivity index (χ1) is 11.2. The zero-order valence-electron chi connectivity index (χ0n) is 13.2. The van der Waals surface area contributed by atoms with E-state index < -0.39 is 0 Å². The summed E-state index contributed by atoms with van der Waals surface area (Å²) in [7, 11) is 0. The quantitative estimate of drug-likeness (QED) is 0.700. The van der Waals surface area contributed by atoms with Gasteiger partial charge in [-0.15, -0.1) is 0 Å². The summed E-state index contributed by atoms with van der Waals surface area (Å²) >= 11 is 0. The SMILES string of the molecule is Cc1[nH]c2ccccc2c1CCN1C(=O)[C@@H]2CC=CC[C@H]2C1=O. The van der Waals surface area contributed by atoms with Crippen LogP contribution in [0, 0.1) is 18.8 Å². The number of rotatable bonds is 3. The van der Waals surface area contributed by atoms with Crippen LogP contribution in [0.1, 0.15) is 24.1 Å². The third-order valence-corrected chi connectivity index (χ3v) is 5.21. The number of benzene rings is 1. The van der Waals surface area contributed by atoms with Crippen LogP contribution in [0.5, 0.6) is 0 Å². The van der Waals surface area contributed by atoms with Crippen LogP contribution in [0.3, 0.4) is 0 Å². The predicted molar refractivity (Wildman–Crippen MR) is 88.8 cm³/mol. The van der Waals surface area contributed by atoms with E-state index in [0.29, 0.717) is 25.8 Å². The van der Waals surface area contributed by atoms with Gasteiger partial charge in [-0.3, -0.25) is 14.5 Å². The number of carbonyl (C=O) groups is 2. The number of aryl methyl sites for hydroxylation is 1. The highest BCUT2D eigenvalue weighted by Gasteiger charge is 2.46. The molecule has 1 aromatic heterocycles. The molecule has 2 atom stereocenters. The second kappa shape index (κ2) is 5.37. The van der Waals surface area contributed by atoms with Crippen molar-refractivity contribution in [2.75, 3.05) is 6.54 Å². The molecule has 118 valence electrons. The van der Waals surface area contributed by atoms with Crippen molar-refractivity contribution in [2.24, 2.45) is 11.8 Å². The van der Waals surface area contributed by atoms with Gasteiger partial charge in [-0.05, 0) is 37.8 Å². The molecule has 4 heteroatoms. The van der Waals surface area contributed by atoms with Crippen molar-refractivity contribution in [3.8, 4) is 0 Å². The minimum atomic E-state index is -0.128. The van der Waals surface area contributed by atoms with E-state index >= 15 is 0 Å². The normalized spacial score (nSPS) is 23.8. The fourth-order valence-electron chi connectivity index (χ4n) is 3.97. The van der Waals surface area contributed by atoms with Gasteiger partial charge in [-0.1, -0.05) is 30.4 Å². The van der Waals surface area contributed by atoms with Gasteiger partial charge < -0.3 is 4.98 Å². The topological polar surface area (TPSA) is 53.2 Å².